The number of carbonyl (C=O) groups excluding carboxylic acids is 1. The summed E-state index contributed by atoms with van der Waals surface area (Å²) >= 11 is 7.16. The second-order valence-corrected chi connectivity index (χ2v) is 5.72. The Morgan fingerprint density at radius 2 is 2.44 bits per heavy atom. The van der Waals surface area contributed by atoms with E-state index in [-0.39, 0.29) is 11.4 Å². The third-order valence-electron chi connectivity index (χ3n) is 2.95. The summed E-state index contributed by atoms with van der Waals surface area (Å²) < 4.78 is 0. The van der Waals surface area contributed by atoms with Gasteiger partial charge in [0, 0.05) is 10.9 Å². The lowest BCUT2D eigenvalue weighted by atomic mass is 9.78. The molecule has 1 aromatic rings. The van der Waals surface area contributed by atoms with Crippen molar-refractivity contribution >= 4 is 28.8 Å². The molecule has 16 heavy (non-hydrogen) atoms. The summed E-state index contributed by atoms with van der Waals surface area (Å²) in [6, 6.07) is 0. The zero-order valence-corrected chi connectivity index (χ0v) is 10.8. The molecule has 0 aromatic carbocycles. The Balaban J connectivity index is 1.87. The topological polar surface area (TPSA) is 42.0 Å². The predicted molar refractivity (Wildman–Crippen MR) is 65.8 cm³/mol. The fourth-order valence-corrected chi connectivity index (χ4v) is 2.86. The first-order chi connectivity index (χ1) is 7.61. The highest BCUT2D eigenvalue weighted by molar-refractivity contribution is 7.09. The number of nitrogens with zero attached hydrogens (tertiary/aromatic N) is 1. The van der Waals surface area contributed by atoms with Crippen LogP contribution >= 0.6 is 22.9 Å². The van der Waals surface area contributed by atoms with Gasteiger partial charge in [-0.15, -0.1) is 22.9 Å². The molecule has 1 aromatic heterocycles. The summed E-state index contributed by atoms with van der Waals surface area (Å²) in [7, 11) is 0. The maximum atomic E-state index is 11.7. The SMILES string of the molecule is CC1(NC(=O)Cc2nc(CCl)cs2)CCC1. The molecular weight excluding hydrogens is 244 g/mol. The quantitative estimate of drug-likeness (QED) is 0.843. The molecule has 1 amide bonds. The summed E-state index contributed by atoms with van der Waals surface area (Å²) in [5, 5.41) is 5.81. The highest BCUT2D eigenvalue weighted by Gasteiger charge is 2.33. The summed E-state index contributed by atoms with van der Waals surface area (Å²) in [5.41, 5.74) is 0.883. The minimum atomic E-state index is 0.0314. The smallest absolute Gasteiger partial charge is 0.227 e. The molecule has 0 saturated heterocycles. The first kappa shape index (κ1) is 11.9. The van der Waals surface area contributed by atoms with Crippen LogP contribution in [0.3, 0.4) is 0 Å². The van der Waals surface area contributed by atoms with E-state index in [2.05, 4.69) is 17.2 Å². The van der Waals surface area contributed by atoms with Crippen LogP contribution in [0.25, 0.3) is 0 Å². The van der Waals surface area contributed by atoms with Gasteiger partial charge >= 0.3 is 0 Å². The van der Waals surface area contributed by atoms with Crippen molar-refractivity contribution < 1.29 is 4.79 Å². The summed E-state index contributed by atoms with van der Waals surface area (Å²) in [6.07, 6.45) is 3.76. The number of alkyl halides is 1. The van der Waals surface area contributed by atoms with Gasteiger partial charge in [-0.25, -0.2) is 4.98 Å². The lowest BCUT2D eigenvalue weighted by Crippen LogP contribution is -2.51. The van der Waals surface area contributed by atoms with Gasteiger partial charge in [-0.05, 0) is 26.2 Å². The molecule has 3 nitrogen and oxygen atoms in total. The normalized spacial score (nSPS) is 17.9. The second-order valence-electron chi connectivity index (χ2n) is 4.51. The molecule has 1 N–H and O–H groups in total. The van der Waals surface area contributed by atoms with E-state index in [0.717, 1.165) is 23.5 Å². The van der Waals surface area contributed by atoms with Crippen LogP contribution in [0.1, 0.15) is 36.9 Å². The summed E-state index contributed by atoms with van der Waals surface area (Å²) in [4.78, 5) is 16.0. The number of rotatable bonds is 4. The summed E-state index contributed by atoms with van der Waals surface area (Å²) in [5.74, 6) is 0.480. The fourth-order valence-electron chi connectivity index (χ4n) is 1.84. The minimum absolute atomic E-state index is 0.0314. The lowest BCUT2D eigenvalue weighted by Gasteiger charge is -2.39. The Morgan fingerprint density at radius 3 is 2.94 bits per heavy atom. The Kier molecular flexibility index (Phi) is 3.50. The third kappa shape index (κ3) is 2.74. The first-order valence-electron chi connectivity index (χ1n) is 5.41. The molecular formula is C11H15ClN2OS. The van der Waals surface area contributed by atoms with Gasteiger partial charge in [-0.1, -0.05) is 0 Å². The molecule has 1 saturated carbocycles. The molecule has 88 valence electrons. The van der Waals surface area contributed by atoms with Gasteiger partial charge in [-0.3, -0.25) is 4.79 Å². The van der Waals surface area contributed by atoms with E-state index in [1.54, 1.807) is 0 Å². The van der Waals surface area contributed by atoms with Crippen molar-refractivity contribution in [3.05, 3.63) is 16.1 Å². The van der Waals surface area contributed by atoms with Gasteiger partial charge in [0.25, 0.3) is 0 Å². The van der Waals surface area contributed by atoms with E-state index < -0.39 is 0 Å². The van der Waals surface area contributed by atoms with Gasteiger partial charge in [0.15, 0.2) is 0 Å². The number of amides is 1. The number of aromatic nitrogens is 1. The Bertz CT molecular complexity index is 387. The van der Waals surface area contributed by atoms with Crippen molar-refractivity contribution in [1.82, 2.24) is 10.3 Å². The predicted octanol–water partition coefficient (Wildman–Crippen LogP) is 2.48. The zero-order chi connectivity index (χ0) is 11.6. The number of halogens is 1. The number of nitrogens with one attached hydrogen (secondary N) is 1. The van der Waals surface area contributed by atoms with Crippen molar-refractivity contribution in [2.45, 2.75) is 44.0 Å². The largest absolute Gasteiger partial charge is 0.351 e. The highest BCUT2D eigenvalue weighted by Crippen LogP contribution is 2.30. The molecule has 1 fully saturated rings. The molecule has 1 aliphatic carbocycles. The molecule has 0 unspecified atom stereocenters. The Hall–Kier alpha value is -0.610. The van der Waals surface area contributed by atoms with E-state index in [4.69, 9.17) is 11.6 Å². The molecule has 0 radical (unpaired) electrons. The fraction of sp³-hybridized carbons (Fsp3) is 0.636. The average Bonchev–Trinajstić information content (AvgIpc) is 2.63. The average molecular weight is 259 g/mol. The van der Waals surface area contributed by atoms with Gasteiger partial charge in [0.2, 0.25) is 5.91 Å². The van der Waals surface area contributed by atoms with Crippen molar-refractivity contribution in [2.24, 2.45) is 0 Å². The molecule has 0 spiro atoms. The maximum absolute atomic E-state index is 11.7. The monoisotopic (exact) mass is 258 g/mol. The maximum Gasteiger partial charge on any atom is 0.227 e. The van der Waals surface area contributed by atoms with Crippen LogP contribution in [0, 0.1) is 0 Å². The van der Waals surface area contributed by atoms with Gasteiger partial charge in [0.05, 0.1) is 18.0 Å². The van der Waals surface area contributed by atoms with E-state index >= 15 is 0 Å². The number of hydrogen-bond donors (Lipinski definition) is 1. The second kappa shape index (κ2) is 4.72. The van der Waals surface area contributed by atoms with Crippen molar-refractivity contribution in [2.75, 3.05) is 0 Å². The number of thiazole rings is 1. The van der Waals surface area contributed by atoms with Crippen molar-refractivity contribution in [1.29, 1.82) is 0 Å². The van der Waals surface area contributed by atoms with Crippen LogP contribution in [-0.4, -0.2) is 16.4 Å². The van der Waals surface area contributed by atoms with Crippen LogP contribution in [0.5, 0.6) is 0 Å². The van der Waals surface area contributed by atoms with E-state index in [1.807, 2.05) is 5.38 Å². The number of carbonyl (C=O) groups is 1. The molecule has 2 rings (SSSR count). The third-order valence-corrected chi connectivity index (χ3v) is 4.12. The minimum Gasteiger partial charge on any atom is -0.351 e. The van der Waals surface area contributed by atoms with Gasteiger partial charge in [0.1, 0.15) is 5.01 Å². The highest BCUT2D eigenvalue weighted by atomic mass is 35.5. The zero-order valence-electron chi connectivity index (χ0n) is 9.25. The van der Waals surface area contributed by atoms with Crippen LogP contribution in [0.15, 0.2) is 5.38 Å². The first-order valence-corrected chi connectivity index (χ1v) is 6.83. The molecule has 0 aliphatic heterocycles. The van der Waals surface area contributed by atoms with Crippen LogP contribution in [-0.2, 0) is 17.1 Å². The molecule has 0 atom stereocenters. The Labute approximate surface area is 104 Å². The molecule has 1 aliphatic rings. The van der Waals surface area contributed by atoms with Gasteiger partial charge < -0.3 is 5.32 Å². The molecule has 1 heterocycles. The Morgan fingerprint density at radius 1 is 1.69 bits per heavy atom. The van der Waals surface area contributed by atoms with Crippen LogP contribution in [0.2, 0.25) is 0 Å². The van der Waals surface area contributed by atoms with Gasteiger partial charge in [-0.2, -0.15) is 0 Å². The number of hydrogen-bond acceptors (Lipinski definition) is 3. The van der Waals surface area contributed by atoms with Crippen LogP contribution in [0.4, 0.5) is 0 Å². The summed E-state index contributed by atoms with van der Waals surface area (Å²) in [6.45, 7) is 2.10. The van der Waals surface area contributed by atoms with Crippen molar-refractivity contribution in [3.63, 3.8) is 0 Å². The lowest BCUT2D eigenvalue weighted by molar-refractivity contribution is -0.123. The van der Waals surface area contributed by atoms with E-state index in [1.165, 1.54) is 17.8 Å². The van der Waals surface area contributed by atoms with E-state index in [9.17, 15) is 4.79 Å². The van der Waals surface area contributed by atoms with Crippen molar-refractivity contribution in [3.8, 4) is 0 Å². The standard InChI is InChI=1S/C11H15ClN2OS/c1-11(3-2-4-11)14-9(15)5-10-13-8(6-12)7-16-10/h7H,2-6H2,1H3,(H,14,15). The molecule has 5 heteroatoms. The van der Waals surface area contributed by atoms with E-state index in [0.29, 0.717) is 12.3 Å². The van der Waals surface area contributed by atoms with Crippen LogP contribution < -0.4 is 5.32 Å². The molecule has 0 bridgehead atoms.